The predicted molar refractivity (Wildman–Crippen MR) is 98.0 cm³/mol. The molecular formula is C20H13F2N5O3. The predicted octanol–water partition coefficient (Wildman–Crippen LogP) is 2.31. The third kappa shape index (κ3) is 3.25. The lowest BCUT2D eigenvalue weighted by atomic mass is 10.0. The molecule has 0 radical (unpaired) electrons. The number of carbonyl (C=O) groups is 2. The van der Waals surface area contributed by atoms with E-state index >= 15 is 0 Å². The number of nitrogens with zero attached hydrogens (tertiary/aromatic N) is 3. The molecule has 0 saturated carbocycles. The highest BCUT2D eigenvalue weighted by molar-refractivity contribution is 5.95. The second-order valence-corrected chi connectivity index (χ2v) is 6.76. The van der Waals surface area contributed by atoms with Crippen LogP contribution < -0.4 is 15.4 Å². The van der Waals surface area contributed by atoms with Crippen LogP contribution in [-0.2, 0) is 11.3 Å². The van der Waals surface area contributed by atoms with Crippen LogP contribution in [0.3, 0.4) is 0 Å². The molecule has 3 amide bonds. The van der Waals surface area contributed by atoms with Crippen LogP contribution in [0.25, 0.3) is 0 Å². The molecule has 150 valence electrons. The molecule has 30 heavy (non-hydrogen) atoms. The van der Waals surface area contributed by atoms with Gasteiger partial charge in [-0.15, -0.1) is 0 Å². The fourth-order valence-electron chi connectivity index (χ4n) is 3.50. The zero-order chi connectivity index (χ0) is 21.4. The Kier molecular flexibility index (Phi) is 4.68. The first-order valence-corrected chi connectivity index (χ1v) is 8.84. The number of amides is 3. The smallest absolute Gasteiger partial charge is 0.322 e. The maximum absolute atomic E-state index is 14.3. The summed E-state index contributed by atoms with van der Waals surface area (Å²) in [5.74, 6) is -1.81. The summed E-state index contributed by atoms with van der Waals surface area (Å²) < 4.78 is 33.5. The van der Waals surface area contributed by atoms with Crippen LogP contribution in [0.4, 0.5) is 19.3 Å². The summed E-state index contributed by atoms with van der Waals surface area (Å²) in [7, 11) is 0. The molecule has 10 heteroatoms. The molecule has 2 N–H and O–H groups in total. The first kappa shape index (κ1) is 19.2. The van der Waals surface area contributed by atoms with Gasteiger partial charge in [0.05, 0.1) is 35.3 Å². The molecule has 0 unspecified atom stereocenters. The van der Waals surface area contributed by atoms with Crippen LogP contribution in [0.5, 0.6) is 5.75 Å². The molecule has 0 bridgehead atoms. The van der Waals surface area contributed by atoms with Crippen LogP contribution in [0.2, 0.25) is 0 Å². The molecule has 8 nitrogen and oxygen atoms in total. The molecule has 1 atom stereocenters. The van der Waals surface area contributed by atoms with E-state index in [4.69, 9.17) is 10.00 Å². The average molecular weight is 409 g/mol. The van der Waals surface area contributed by atoms with Crippen LogP contribution in [0.1, 0.15) is 28.3 Å². The van der Waals surface area contributed by atoms with E-state index in [0.29, 0.717) is 5.69 Å². The Labute approximate surface area is 169 Å². The monoisotopic (exact) mass is 409 g/mol. The first-order chi connectivity index (χ1) is 14.4. The Hall–Kier alpha value is -4.18. The topological polar surface area (TPSA) is 118 Å². The number of rotatable bonds is 3. The van der Waals surface area contributed by atoms with E-state index in [1.165, 1.54) is 12.1 Å². The summed E-state index contributed by atoms with van der Waals surface area (Å²) in [6.45, 7) is -0.547. The van der Waals surface area contributed by atoms with Gasteiger partial charge in [0.1, 0.15) is 36.6 Å². The van der Waals surface area contributed by atoms with Gasteiger partial charge in [0.2, 0.25) is 5.91 Å². The highest BCUT2D eigenvalue weighted by Gasteiger charge is 2.32. The fraction of sp³-hybridized carbons (Fsp3) is 0.200. The number of nitrogens with one attached hydrogen (secondary N) is 2. The summed E-state index contributed by atoms with van der Waals surface area (Å²) in [5, 5.41) is 23.2. The Morgan fingerprint density at radius 3 is 2.80 bits per heavy atom. The van der Waals surface area contributed by atoms with Crippen molar-refractivity contribution in [2.24, 2.45) is 0 Å². The van der Waals surface area contributed by atoms with Crippen LogP contribution >= 0.6 is 0 Å². The maximum atomic E-state index is 14.3. The number of ether oxygens (including phenoxy) is 1. The van der Waals surface area contributed by atoms with Gasteiger partial charge in [-0.05, 0) is 24.3 Å². The molecule has 0 spiro atoms. The zero-order valence-corrected chi connectivity index (χ0v) is 15.3. The normalized spacial score (nSPS) is 16.5. The minimum Gasteiger partial charge on any atom is -0.491 e. The Balaban J connectivity index is 1.49. The van der Waals surface area contributed by atoms with Gasteiger partial charge in [-0.25, -0.2) is 13.6 Å². The van der Waals surface area contributed by atoms with Gasteiger partial charge in [-0.2, -0.15) is 10.5 Å². The first-order valence-electron chi connectivity index (χ1n) is 8.84. The SMILES string of the molecule is N#Cc1cc(F)c2c(c1)OC[C@@H]2NC(=O)CN1Cc2c(ccc(F)c2C#N)NC1=O. The van der Waals surface area contributed by atoms with Crippen molar-refractivity contribution in [3.63, 3.8) is 0 Å². The molecule has 2 aromatic carbocycles. The van der Waals surface area contributed by atoms with Gasteiger partial charge in [0.15, 0.2) is 0 Å². The number of fused-ring (bicyclic) bond motifs is 2. The van der Waals surface area contributed by atoms with Gasteiger partial charge < -0.3 is 20.3 Å². The molecule has 4 rings (SSSR count). The summed E-state index contributed by atoms with van der Waals surface area (Å²) >= 11 is 0. The second kappa shape index (κ2) is 7.33. The van der Waals surface area contributed by atoms with E-state index in [9.17, 15) is 23.6 Å². The Morgan fingerprint density at radius 1 is 1.27 bits per heavy atom. The molecule has 0 fully saturated rings. The number of urea groups is 1. The van der Waals surface area contributed by atoms with E-state index in [-0.39, 0.29) is 41.2 Å². The molecular weight excluding hydrogens is 396 g/mol. The summed E-state index contributed by atoms with van der Waals surface area (Å²) in [4.78, 5) is 25.9. The Morgan fingerprint density at radius 2 is 2.07 bits per heavy atom. The zero-order valence-electron chi connectivity index (χ0n) is 15.3. The molecule has 2 aliphatic heterocycles. The van der Waals surface area contributed by atoms with Crippen molar-refractivity contribution >= 4 is 17.6 Å². The largest absolute Gasteiger partial charge is 0.491 e. The molecule has 0 saturated heterocycles. The van der Waals surface area contributed by atoms with E-state index in [0.717, 1.165) is 17.0 Å². The van der Waals surface area contributed by atoms with Crippen molar-refractivity contribution in [2.45, 2.75) is 12.6 Å². The third-order valence-corrected chi connectivity index (χ3v) is 4.90. The lowest BCUT2D eigenvalue weighted by Crippen LogP contribution is -2.45. The highest BCUT2D eigenvalue weighted by atomic mass is 19.1. The summed E-state index contributed by atoms with van der Waals surface area (Å²) in [6, 6.07) is 7.10. The second-order valence-electron chi connectivity index (χ2n) is 6.76. The van der Waals surface area contributed by atoms with Crippen LogP contribution in [0, 0.1) is 34.3 Å². The number of hydrogen-bond donors (Lipinski definition) is 2. The number of anilines is 1. The number of carbonyl (C=O) groups excluding carboxylic acids is 2. The van der Waals surface area contributed by atoms with Crippen molar-refractivity contribution < 1.29 is 23.1 Å². The number of hydrogen-bond acceptors (Lipinski definition) is 5. The van der Waals surface area contributed by atoms with Crippen molar-refractivity contribution in [2.75, 3.05) is 18.5 Å². The lowest BCUT2D eigenvalue weighted by molar-refractivity contribution is -0.122. The minimum atomic E-state index is -0.785. The van der Waals surface area contributed by atoms with Gasteiger partial charge in [0, 0.05) is 11.3 Å². The molecule has 2 heterocycles. The minimum absolute atomic E-state index is 0.0221. The number of benzene rings is 2. The standard InChI is InChI=1S/C20H13F2N5O3/c21-13-1-2-15-12(11(13)6-24)7-27(20(29)26-15)8-18(28)25-16-9-30-17-4-10(5-23)3-14(22)19(16)17/h1-4,16H,7-9H2,(H,25,28)(H,26,29)/t16-/m0/s1. The number of halogens is 2. The maximum Gasteiger partial charge on any atom is 0.322 e. The molecule has 2 aliphatic rings. The summed E-state index contributed by atoms with van der Waals surface area (Å²) in [6.07, 6.45) is 0. The van der Waals surface area contributed by atoms with Gasteiger partial charge in [-0.3, -0.25) is 4.79 Å². The van der Waals surface area contributed by atoms with Crippen molar-refractivity contribution in [3.8, 4) is 17.9 Å². The quantitative estimate of drug-likeness (QED) is 0.807. The van der Waals surface area contributed by atoms with Gasteiger partial charge in [-0.1, -0.05) is 0 Å². The van der Waals surface area contributed by atoms with E-state index in [1.807, 2.05) is 6.07 Å². The van der Waals surface area contributed by atoms with Crippen molar-refractivity contribution in [3.05, 3.63) is 58.2 Å². The molecule has 2 aromatic rings. The van der Waals surface area contributed by atoms with E-state index in [2.05, 4.69) is 10.6 Å². The van der Waals surface area contributed by atoms with Crippen LogP contribution in [0.15, 0.2) is 24.3 Å². The average Bonchev–Trinajstić information content (AvgIpc) is 3.12. The van der Waals surface area contributed by atoms with E-state index < -0.39 is 36.2 Å². The fourth-order valence-corrected chi connectivity index (χ4v) is 3.50. The Bertz CT molecular complexity index is 1170. The van der Waals surface area contributed by atoms with Gasteiger partial charge in [0.25, 0.3) is 0 Å². The van der Waals surface area contributed by atoms with E-state index in [1.54, 1.807) is 6.07 Å². The third-order valence-electron chi connectivity index (χ3n) is 4.90. The van der Waals surface area contributed by atoms with Crippen LogP contribution in [-0.4, -0.2) is 30.0 Å². The summed E-state index contributed by atoms with van der Waals surface area (Å²) in [5.41, 5.74) is 0.607. The van der Waals surface area contributed by atoms with Crippen molar-refractivity contribution in [1.29, 1.82) is 10.5 Å². The molecule has 0 aromatic heterocycles. The molecule has 0 aliphatic carbocycles. The lowest BCUT2D eigenvalue weighted by Gasteiger charge is -2.29. The highest BCUT2D eigenvalue weighted by Crippen LogP contribution is 2.35. The number of nitriles is 2. The van der Waals surface area contributed by atoms with Gasteiger partial charge >= 0.3 is 6.03 Å². The van der Waals surface area contributed by atoms with Crippen molar-refractivity contribution in [1.82, 2.24) is 10.2 Å².